The summed E-state index contributed by atoms with van der Waals surface area (Å²) < 4.78 is 9.11. The Morgan fingerprint density at radius 3 is 1.62 bits per heavy atom. The number of methoxy groups -OCH3 is 2. The summed E-state index contributed by atoms with van der Waals surface area (Å²) in [7, 11) is 2.57. The number of carbonyl (C=O) groups excluding carboxylic acids is 3. The molecule has 0 aliphatic carbocycles. The van der Waals surface area contributed by atoms with E-state index in [1.807, 2.05) is 13.0 Å². The third-order valence-corrected chi connectivity index (χ3v) is 4.21. The van der Waals surface area contributed by atoms with Crippen molar-refractivity contribution < 1.29 is 34.1 Å². The van der Waals surface area contributed by atoms with E-state index in [-0.39, 0.29) is 22.6 Å². The maximum Gasteiger partial charge on any atom is 0.338 e. The Bertz CT molecular complexity index is 943. The Kier molecular flexibility index (Phi) is 8.61. The molecule has 0 aliphatic heterocycles. The van der Waals surface area contributed by atoms with Crippen molar-refractivity contribution in [2.45, 2.75) is 20.8 Å². The number of esters is 2. The summed E-state index contributed by atoms with van der Waals surface area (Å²) in [6.07, 6.45) is 4.14. The molecule has 2 aromatic rings. The predicted molar refractivity (Wildman–Crippen MR) is 108 cm³/mol. The largest absolute Gasteiger partial charge is 0.507 e. The lowest BCUT2D eigenvalue weighted by Crippen LogP contribution is -2.04. The van der Waals surface area contributed by atoms with Gasteiger partial charge in [-0.25, -0.2) is 9.59 Å². The van der Waals surface area contributed by atoms with Crippen LogP contribution in [0.15, 0.2) is 30.3 Å². The number of rotatable bonds is 4. The molecule has 0 unspecified atom stereocenters. The molecular weight excluding hydrogens is 376 g/mol. The van der Waals surface area contributed by atoms with E-state index in [0.717, 1.165) is 0 Å². The molecule has 2 aromatic carbocycles. The standard InChI is InChI=1S/C12H14O3.C10H10O4/c1-4-5-9-6-7-10(12(14)15-3)8(2)11(9)13;1-6-8(10(13)14-2)4-3-7(5-11)9(6)12/h4-7,13H,1-3H3;3-5,12H,1-2H3. The van der Waals surface area contributed by atoms with Gasteiger partial charge in [0.15, 0.2) is 6.29 Å². The van der Waals surface area contributed by atoms with Gasteiger partial charge in [0.05, 0.1) is 30.9 Å². The van der Waals surface area contributed by atoms with Crippen LogP contribution in [0.25, 0.3) is 6.08 Å². The third-order valence-electron chi connectivity index (χ3n) is 4.21. The number of allylic oxidation sites excluding steroid dienone is 1. The molecule has 0 saturated carbocycles. The third kappa shape index (κ3) is 5.44. The van der Waals surface area contributed by atoms with Crippen molar-refractivity contribution in [3.8, 4) is 11.5 Å². The number of aldehydes is 1. The Morgan fingerprint density at radius 1 is 0.828 bits per heavy atom. The van der Waals surface area contributed by atoms with E-state index in [0.29, 0.717) is 28.5 Å². The van der Waals surface area contributed by atoms with Crippen molar-refractivity contribution in [1.82, 2.24) is 0 Å². The Morgan fingerprint density at radius 2 is 1.24 bits per heavy atom. The van der Waals surface area contributed by atoms with Crippen molar-refractivity contribution in [3.63, 3.8) is 0 Å². The topological polar surface area (TPSA) is 110 Å². The van der Waals surface area contributed by atoms with Gasteiger partial charge in [-0.2, -0.15) is 0 Å². The molecule has 0 fully saturated rings. The average Bonchev–Trinajstić information content (AvgIpc) is 2.73. The molecule has 0 saturated heterocycles. The van der Waals surface area contributed by atoms with Crippen molar-refractivity contribution in [2.75, 3.05) is 14.2 Å². The number of ether oxygens (including phenoxy) is 2. The van der Waals surface area contributed by atoms with Gasteiger partial charge >= 0.3 is 11.9 Å². The van der Waals surface area contributed by atoms with E-state index in [9.17, 15) is 24.6 Å². The van der Waals surface area contributed by atoms with Gasteiger partial charge in [0.25, 0.3) is 0 Å². The van der Waals surface area contributed by atoms with E-state index in [4.69, 9.17) is 0 Å². The van der Waals surface area contributed by atoms with Crippen LogP contribution in [0, 0.1) is 13.8 Å². The highest BCUT2D eigenvalue weighted by atomic mass is 16.5. The fraction of sp³-hybridized carbons (Fsp3) is 0.227. The molecule has 7 nitrogen and oxygen atoms in total. The highest BCUT2D eigenvalue weighted by Crippen LogP contribution is 2.27. The molecule has 0 amide bonds. The van der Waals surface area contributed by atoms with Crippen LogP contribution in [-0.2, 0) is 9.47 Å². The predicted octanol–water partition coefficient (Wildman–Crippen LogP) is 3.82. The first-order valence-corrected chi connectivity index (χ1v) is 8.63. The van der Waals surface area contributed by atoms with Gasteiger partial charge < -0.3 is 19.7 Å². The van der Waals surface area contributed by atoms with Crippen LogP contribution in [0.1, 0.15) is 54.7 Å². The Balaban J connectivity index is 0.000000291. The van der Waals surface area contributed by atoms with Crippen LogP contribution in [0.2, 0.25) is 0 Å². The van der Waals surface area contributed by atoms with Gasteiger partial charge in [0.2, 0.25) is 0 Å². The fourth-order valence-electron chi connectivity index (χ4n) is 2.51. The number of phenols is 2. The monoisotopic (exact) mass is 400 g/mol. The Hall–Kier alpha value is -3.61. The number of benzene rings is 2. The molecule has 0 atom stereocenters. The zero-order valence-corrected chi connectivity index (χ0v) is 17.0. The van der Waals surface area contributed by atoms with Crippen LogP contribution in [-0.4, -0.2) is 42.7 Å². The molecule has 29 heavy (non-hydrogen) atoms. The molecule has 7 heteroatoms. The summed E-state index contributed by atoms with van der Waals surface area (Å²) in [5.74, 6) is -1.02. The number of aromatic hydroxyl groups is 2. The van der Waals surface area contributed by atoms with Crippen LogP contribution in [0.3, 0.4) is 0 Å². The fourth-order valence-corrected chi connectivity index (χ4v) is 2.51. The average molecular weight is 400 g/mol. The highest BCUT2D eigenvalue weighted by molar-refractivity contribution is 5.94. The first-order valence-electron chi connectivity index (χ1n) is 8.63. The van der Waals surface area contributed by atoms with Crippen LogP contribution < -0.4 is 0 Å². The van der Waals surface area contributed by atoms with Gasteiger partial charge in [0, 0.05) is 16.7 Å². The lowest BCUT2D eigenvalue weighted by molar-refractivity contribution is 0.0590. The van der Waals surface area contributed by atoms with Gasteiger partial charge in [-0.15, -0.1) is 0 Å². The van der Waals surface area contributed by atoms with Gasteiger partial charge in [-0.05, 0) is 39.0 Å². The minimum Gasteiger partial charge on any atom is -0.507 e. The molecular formula is C22H24O7. The summed E-state index contributed by atoms with van der Waals surface area (Å²) in [4.78, 5) is 32.9. The van der Waals surface area contributed by atoms with Gasteiger partial charge in [0.1, 0.15) is 11.5 Å². The van der Waals surface area contributed by atoms with Crippen molar-refractivity contribution in [3.05, 3.63) is 63.7 Å². The molecule has 2 rings (SSSR count). The van der Waals surface area contributed by atoms with Crippen LogP contribution >= 0.6 is 0 Å². The molecule has 0 aliphatic rings. The zero-order valence-electron chi connectivity index (χ0n) is 17.0. The first-order chi connectivity index (χ1) is 13.7. The van der Waals surface area contributed by atoms with Crippen molar-refractivity contribution >= 4 is 24.3 Å². The smallest absolute Gasteiger partial charge is 0.338 e. The maximum atomic E-state index is 11.3. The molecule has 0 heterocycles. The molecule has 0 bridgehead atoms. The van der Waals surface area contributed by atoms with E-state index < -0.39 is 11.9 Å². The second-order valence-corrected chi connectivity index (χ2v) is 5.95. The van der Waals surface area contributed by atoms with E-state index in [1.165, 1.54) is 26.4 Å². The molecule has 0 spiro atoms. The lowest BCUT2D eigenvalue weighted by Gasteiger charge is -2.08. The number of hydrogen-bond donors (Lipinski definition) is 2. The maximum absolute atomic E-state index is 11.3. The second-order valence-electron chi connectivity index (χ2n) is 5.95. The number of hydrogen-bond acceptors (Lipinski definition) is 7. The quantitative estimate of drug-likeness (QED) is 0.593. The SMILES string of the molecule is CC=Cc1ccc(C(=O)OC)c(C)c1O.COC(=O)c1ccc(C=O)c(O)c1C. The molecule has 2 N–H and O–H groups in total. The van der Waals surface area contributed by atoms with Crippen molar-refractivity contribution in [1.29, 1.82) is 0 Å². The second kappa shape index (κ2) is 10.7. The minimum absolute atomic E-state index is 0.121. The molecule has 0 radical (unpaired) electrons. The normalized spacial score (nSPS) is 10.1. The summed E-state index contributed by atoms with van der Waals surface area (Å²) in [5.41, 5.74) is 2.40. The Labute approximate surface area is 169 Å². The number of phenolic OH excluding ortho intramolecular Hbond substituents is 2. The number of carbonyl (C=O) groups is 3. The van der Waals surface area contributed by atoms with Crippen LogP contribution in [0.4, 0.5) is 0 Å². The van der Waals surface area contributed by atoms with Crippen molar-refractivity contribution in [2.24, 2.45) is 0 Å². The molecule has 0 aromatic heterocycles. The van der Waals surface area contributed by atoms with Crippen LogP contribution in [0.5, 0.6) is 11.5 Å². The summed E-state index contributed by atoms with van der Waals surface area (Å²) >= 11 is 0. The minimum atomic E-state index is -0.532. The van der Waals surface area contributed by atoms with E-state index in [1.54, 1.807) is 32.1 Å². The van der Waals surface area contributed by atoms with Gasteiger partial charge in [-0.3, -0.25) is 4.79 Å². The highest BCUT2D eigenvalue weighted by Gasteiger charge is 2.14. The summed E-state index contributed by atoms with van der Waals surface area (Å²) in [6.45, 7) is 5.10. The lowest BCUT2D eigenvalue weighted by atomic mass is 10.0. The molecule has 154 valence electrons. The summed E-state index contributed by atoms with van der Waals surface area (Å²) in [6, 6.07) is 6.16. The zero-order chi connectivity index (χ0) is 22.1. The first kappa shape index (κ1) is 23.4. The van der Waals surface area contributed by atoms with Gasteiger partial charge in [-0.1, -0.05) is 18.2 Å². The van der Waals surface area contributed by atoms with E-state index >= 15 is 0 Å². The van der Waals surface area contributed by atoms with E-state index in [2.05, 4.69) is 9.47 Å². The summed E-state index contributed by atoms with van der Waals surface area (Å²) in [5, 5.41) is 19.3.